The third kappa shape index (κ3) is 15.7. The third-order valence-corrected chi connectivity index (χ3v) is 6.95. The number of aromatic nitrogens is 2. The van der Waals surface area contributed by atoms with E-state index in [0.29, 0.717) is 6.42 Å². The van der Waals surface area contributed by atoms with Gasteiger partial charge in [-0.05, 0) is 54.8 Å². The van der Waals surface area contributed by atoms with Gasteiger partial charge in [-0.2, -0.15) is 5.06 Å². The van der Waals surface area contributed by atoms with Gasteiger partial charge in [0.25, 0.3) is 11.8 Å². The number of hydroxylamine groups is 2. The Bertz CT molecular complexity index is 1560. The second kappa shape index (κ2) is 23.6. The van der Waals surface area contributed by atoms with Crippen LogP contribution in [0.25, 0.3) is 21.8 Å². The first-order valence-corrected chi connectivity index (χ1v) is 16.1. The summed E-state index contributed by atoms with van der Waals surface area (Å²) >= 11 is 0. The first kappa shape index (κ1) is 41.3. The summed E-state index contributed by atoms with van der Waals surface area (Å²) in [6.07, 6.45) is 11.3. The van der Waals surface area contributed by atoms with Crippen LogP contribution in [0, 0.1) is 0 Å². The fourth-order valence-corrected chi connectivity index (χ4v) is 4.41. The number of carbonyl (C=O) groups is 4. The molecule has 11 heteroatoms. The van der Waals surface area contributed by atoms with Crippen LogP contribution < -0.4 is 11.1 Å². The van der Waals surface area contributed by atoms with E-state index in [1.165, 1.54) is 25.7 Å². The van der Waals surface area contributed by atoms with E-state index in [1.807, 2.05) is 60.7 Å². The first-order chi connectivity index (χ1) is 22.7. The second-order valence-corrected chi connectivity index (χ2v) is 11.0. The Morgan fingerprint density at radius 2 is 1.27 bits per heavy atom. The minimum atomic E-state index is -0.831. The fraction of sp³-hybridized carbons (Fsp3) is 0.405. The van der Waals surface area contributed by atoms with Crippen molar-refractivity contribution in [3.63, 3.8) is 0 Å². The predicted molar refractivity (Wildman–Crippen MR) is 189 cm³/mol. The Morgan fingerprint density at radius 1 is 0.792 bits per heavy atom. The highest BCUT2D eigenvalue weighted by atomic mass is 16.5. The van der Waals surface area contributed by atoms with Crippen LogP contribution in [0.15, 0.2) is 73.1 Å². The van der Waals surface area contributed by atoms with Crippen LogP contribution in [0.3, 0.4) is 0 Å². The van der Waals surface area contributed by atoms with E-state index < -0.39 is 17.8 Å². The maximum atomic E-state index is 11.8. The van der Waals surface area contributed by atoms with Crippen molar-refractivity contribution in [3.05, 3.63) is 84.2 Å². The normalized spacial score (nSPS) is 11.7. The maximum Gasteiger partial charge on any atom is 0.307 e. The number of carboxylic acids is 1. The smallest absolute Gasteiger partial charge is 0.307 e. The lowest BCUT2D eigenvalue weighted by Crippen LogP contribution is -2.26. The van der Waals surface area contributed by atoms with Gasteiger partial charge in [0.2, 0.25) is 5.91 Å². The molecular weight excluding hydrogens is 610 g/mol. The molecule has 0 radical (unpaired) electrons. The van der Waals surface area contributed by atoms with Crippen molar-refractivity contribution in [2.75, 3.05) is 13.1 Å². The predicted octanol–water partition coefficient (Wildman–Crippen LogP) is 6.24. The van der Waals surface area contributed by atoms with Crippen LogP contribution in [0.4, 0.5) is 0 Å². The second-order valence-electron chi connectivity index (χ2n) is 11.0. The molecule has 1 saturated heterocycles. The van der Waals surface area contributed by atoms with Crippen molar-refractivity contribution in [1.82, 2.24) is 20.3 Å². The molecule has 260 valence electrons. The van der Waals surface area contributed by atoms with Gasteiger partial charge in [0.05, 0.1) is 23.9 Å². The van der Waals surface area contributed by atoms with E-state index >= 15 is 0 Å². The molecule has 2 aromatic carbocycles. The summed E-state index contributed by atoms with van der Waals surface area (Å²) in [5.74, 6) is -1.76. The number of unbranched alkanes of at least 4 members (excludes halogenated alkanes) is 4. The third-order valence-electron chi connectivity index (χ3n) is 6.95. The molecule has 5 N–H and O–H groups in total. The Labute approximate surface area is 283 Å². The summed E-state index contributed by atoms with van der Waals surface area (Å²) in [7, 11) is 0. The molecule has 0 atom stereocenters. The minimum Gasteiger partial charge on any atom is -0.481 e. The van der Waals surface area contributed by atoms with Crippen molar-refractivity contribution in [2.24, 2.45) is 5.73 Å². The standard InChI is InChI=1S/C16H20N2O.C11H9NO2.C5H13N.C4H5NO3.CH4/c1-2-3-6-9-17-16(19)11-13-10-14-7-4-5-8-15(14)18-12-13;13-11(14)6-8-5-9-3-1-2-4-10(9)12-7-8;1-2-3-4-5-6;6-3-1-2-4(7)5(3)8;/h4-5,7-8,10,12H,2-3,6,9,11H2,1H3,(H,17,19);1-5,7H,6H2,(H,13,14);2-6H2,1H3;8H,1-2H2;1H4. The molecule has 4 aromatic rings. The van der Waals surface area contributed by atoms with Crippen LogP contribution in [-0.2, 0) is 32.0 Å². The lowest BCUT2D eigenvalue weighted by Gasteiger charge is -2.05. The van der Waals surface area contributed by atoms with Gasteiger partial charge in [-0.3, -0.25) is 34.4 Å². The number of carboxylic acid groups (broad SMARTS) is 1. The van der Waals surface area contributed by atoms with E-state index in [-0.39, 0.29) is 37.7 Å². The number of para-hydroxylation sites is 2. The number of pyridine rings is 2. The molecule has 2 aromatic heterocycles. The van der Waals surface area contributed by atoms with Gasteiger partial charge in [0.1, 0.15) is 0 Å². The summed E-state index contributed by atoms with van der Waals surface area (Å²) in [6, 6.07) is 19.5. The number of nitrogens with two attached hydrogens (primary N) is 1. The van der Waals surface area contributed by atoms with Crippen molar-refractivity contribution in [2.45, 2.75) is 85.5 Å². The van der Waals surface area contributed by atoms with E-state index in [1.54, 1.807) is 12.4 Å². The summed E-state index contributed by atoms with van der Waals surface area (Å²) in [4.78, 5) is 51.3. The van der Waals surface area contributed by atoms with Crippen LogP contribution in [0.1, 0.15) is 83.8 Å². The molecule has 48 heavy (non-hydrogen) atoms. The SMILES string of the molecule is C.CCCCCN.CCCCCNC(=O)Cc1cnc2ccccc2c1.O=C(O)Cc1cnc2ccccc2c1.O=C1CCC(=O)N1O. The molecule has 11 nitrogen and oxygen atoms in total. The number of hydrogen-bond donors (Lipinski definition) is 4. The van der Waals surface area contributed by atoms with Gasteiger partial charge in [0, 0.05) is 42.6 Å². The maximum absolute atomic E-state index is 11.8. The Balaban J connectivity index is 0.000000348. The topological polar surface area (TPSA) is 176 Å². The lowest BCUT2D eigenvalue weighted by molar-refractivity contribution is -0.171. The average Bonchev–Trinajstić information content (AvgIpc) is 3.37. The highest BCUT2D eigenvalue weighted by molar-refractivity contribution is 6.00. The highest BCUT2D eigenvalue weighted by Crippen LogP contribution is 2.14. The van der Waals surface area contributed by atoms with Crippen LogP contribution >= 0.6 is 0 Å². The number of hydrogen-bond acceptors (Lipinski definition) is 8. The van der Waals surface area contributed by atoms with Gasteiger partial charge < -0.3 is 16.2 Å². The van der Waals surface area contributed by atoms with E-state index in [9.17, 15) is 19.2 Å². The zero-order valence-corrected chi connectivity index (χ0v) is 27.4. The first-order valence-electron chi connectivity index (χ1n) is 16.1. The van der Waals surface area contributed by atoms with Crippen molar-refractivity contribution in [1.29, 1.82) is 0 Å². The highest BCUT2D eigenvalue weighted by Gasteiger charge is 2.26. The average molecular weight is 662 g/mol. The van der Waals surface area contributed by atoms with E-state index in [2.05, 4.69) is 29.1 Å². The number of benzene rings is 2. The Hall–Kier alpha value is -4.74. The molecule has 3 amide bonds. The van der Waals surface area contributed by atoms with Crippen LogP contribution in [-0.4, -0.2) is 62.1 Å². The summed E-state index contributed by atoms with van der Waals surface area (Å²) in [5, 5.41) is 22.2. The Morgan fingerprint density at radius 3 is 1.69 bits per heavy atom. The summed E-state index contributed by atoms with van der Waals surface area (Å²) in [5.41, 5.74) is 8.77. The van der Waals surface area contributed by atoms with Gasteiger partial charge in [-0.15, -0.1) is 0 Å². The number of carbonyl (C=O) groups excluding carboxylic acids is 3. The summed E-state index contributed by atoms with van der Waals surface area (Å²) < 4.78 is 0. The number of amides is 3. The number of fused-ring (bicyclic) bond motifs is 2. The monoisotopic (exact) mass is 661 g/mol. The molecule has 0 unspecified atom stereocenters. The van der Waals surface area contributed by atoms with Gasteiger partial charge in [0.15, 0.2) is 0 Å². The van der Waals surface area contributed by atoms with Crippen molar-refractivity contribution < 1.29 is 29.5 Å². The number of rotatable bonds is 11. The number of aliphatic carboxylic acids is 1. The molecule has 5 rings (SSSR count). The molecule has 0 bridgehead atoms. The molecule has 3 heterocycles. The van der Waals surface area contributed by atoms with Gasteiger partial charge >= 0.3 is 5.97 Å². The quantitative estimate of drug-likeness (QED) is 0.0823. The van der Waals surface area contributed by atoms with E-state index in [4.69, 9.17) is 16.0 Å². The Kier molecular flexibility index (Phi) is 20.3. The van der Waals surface area contributed by atoms with Crippen LogP contribution in [0.2, 0.25) is 0 Å². The number of nitrogens with one attached hydrogen (secondary N) is 1. The molecule has 0 saturated carbocycles. The molecule has 0 aliphatic carbocycles. The summed E-state index contributed by atoms with van der Waals surface area (Å²) in [6.45, 7) is 5.96. The van der Waals surface area contributed by atoms with Crippen LogP contribution in [0.5, 0.6) is 0 Å². The molecule has 1 aliphatic rings. The van der Waals surface area contributed by atoms with Gasteiger partial charge in [-0.1, -0.05) is 83.4 Å². The largest absolute Gasteiger partial charge is 0.481 e. The molecule has 1 fully saturated rings. The number of imide groups is 1. The molecular formula is C37H51N5O6. The van der Waals surface area contributed by atoms with Crippen molar-refractivity contribution in [3.8, 4) is 0 Å². The zero-order chi connectivity index (χ0) is 34.4. The fourth-order valence-electron chi connectivity index (χ4n) is 4.41. The van der Waals surface area contributed by atoms with Gasteiger partial charge in [-0.25, -0.2) is 0 Å². The zero-order valence-electron chi connectivity index (χ0n) is 27.4. The van der Waals surface area contributed by atoms with E-state index in [0.717, 1.165) is 58.9 Å². The number of nitrogens with zero attached hydrogens (tertiary/aromatic N) is 3. The molecule has 1 aliphatic heterocycles. The minimum absolute atomic E-state index is 0. The molecule has 0 spiro atoms. The van der Waals surface area contributed by atoms with Crippen molar-refractivity contribution >= 4 is 45.5 Å². The lowest BCUT2D eigenvalue weighted by atomic mass is 10.1.